The van der Waals surface area contributed by atoms with Gasteiger partial charge in [-0.25, -0.2) is 4.79 Å². The number of para-hydroxylation sites is 1. The van der Waals surface area contributed by atoms with Crippen molar-refractivity contribution in [2.75, 3.05) is 0 Å². The molecule has 3 rings (SSSR count). The van der Waals surface area contributed by atoms with E-state index in [-0.39, 0.29) is 11.3 Å². The van der Waals surface area contributed by atoms with Crippen LogP contribution in [0.2, 0.25) is 0 Å². The highest BCUT2D eigenvalue weighted by Gasteiger charge is 2.48. The largest absolute Gasteiger partial charge is 0.478 e. The van der Waals surface area contributed by atoms with Gasteiger partial charge in [0.05, 0.1) is 5.57 Å². The normalized spacial score (nSPS) is 16.6. The third-order valence-electron chi connectivity index (χ3n) is 3.34. The summed E-state index contributed by atoms with van der Waals surface area (Å²) in [5.41, 5.74) is -0.659. The van der Waals surface area contributed by atoms with Crippen molar-refractivity contribution in [1.29, 1.82) is 0 Å². The molecule has 1 unspecified atom stereocenters. The number of hydrogen-bond donors (Lipinski definition) is 1. The molecule has 0 saturated heterocycles. The molecule has 2 aromatic rings. The number of fused-ring (bicyclic) bond motifs is 1. The monoisotopic (exact) mass is 336 g/mol. The Kier molecular flexibility index (Phi) is 3.92. The van der Waals surface area contributed by atoms with E-state index in [9.17, 15) is 18.0 Å². The van der Waals surface area contributed by atoms with Crippen LogP contribution in [0.3, 0.4) is 0 Å². The van der Waals surface area contributed by atoms with Crippen LogP contribution in [0.5, 0.6) is 17.2 Å². The first-order valence-electron chi connectivity index (χ1n) is 6.90. The number of aliphatic carboxylic acids is 1. The lowest BCUT2D eigenvalue weighted by atomic mass is 10.0. The van der Waals surface area contributed by atoms with Gasteiger partial charge in [0.2, 0.25) is 6.10 Å². The summed E-state index contributed by atoms with van der Waals surface area (Å²) in [5, 5.41) is 9.02. The Bertz CT molecular complexity index is 797. The molecule has 4 nitrogen and oxygen atoms in total. The van der Waals surface area contributed by atoms with E-state index in [0.717, 1.165) is 6.08 Å². The average Bonchev–Trinajstić information content (AvgIpc) is 2.53. The molecule has 0 bridgehead atoms. The molecule has 0 aromatic heterocycles. The first-order chi connectivity index (χ1) is 11.3. The summed E-state index contributed by atoms with van der Waals surface area (Å²) in [6.07, 6.45) is -6.36. The van der Waals surface area contributed by atoms with Gasteiger partial charge in [0.1, 0.15) is 17.2 Å². The van der Waals surface area contributed by atoms with Crippen LogP contribution in [0.1, 0.15) is 5.56 Å². The SMILES string of the molecule is O=C(O)C1=Cc2cc(Oc3ccccc3)ccc2OC1C(F)(F)F. The summed E-state index contributed by atoms with van der Waals surface area (Å²) in [7, 11) is 0. The number of carboxylic acids is 1. The van der Waals surface area contributed by atoms with E-state index in [1.54, 1.807) is 24.3 Å². The number of benzene rings is 2. The van der Waals surface area contributed by atoms with E-state index in [4.69, 9.17) is 14.6 Å². The molecule has 0 fully saturated rings. The summed E-state index contributed by atoms with van der Waals surface area (Å²) < 4.78 is 49.3. The van der Waals surface area contributed by atoms with E-state index < -0.39 is 23.8 Å². The summed E-state index contributed by atoms with van der Waals surface area (Å²) in [5.74, 6) is -0.833. The zero-order chi connectivity index (χ0) is 17.3. The maximum atomic E-state index is 13.0. The number of carbonyl (C=O) groups is 1. The van der Waals surface area contributed by atoms with E-state index in [2.05, 4.69) is 0 Å². The van der Waals surface area contributed by atoms with Crippen molar-refractivity contribution >= 4 is 12.0 Å². The summed E-state index contributed by atoms with van der Waals surface area (Å²) in [4.78, 5) is 11.1. The van der Waals surface area contributed by atoms with Gasteiger partial charge < -0.3 is 14.6 Å². The molecule has 124 valence electrons. The highest BCUT2D eigenvalue weighted by Crippen LogP contribution is 2.39. The molecule has 7 heteroatoms. The van der Waals surface area contributed by atoms with Crippen molar-refractivity contribution in [3.05, 3.63) is 59.7 Å². The predicted octanol–water partition coefficient (Wildman–Crippen LogP) is 4.27. The molecule has 24 heavy (non-hydrogen) atoms. The molecule has 1 N–H and O–H groups in total. The molecule has 0 aliphatic carbocycles. The van der Waals surface area contributed by atoms with Gasteiger partial charge in [-0.2, -0.15) is 13.2 Å². The van der Waals surface area contributed by atoms with Gasteiger partial charge in [-0.1, -0.05) is 18.2 Å². The number of rotatable bonds is 3. The smallest absolute Gasteiger partial charge is 0.430 e. The standard InChI is InChI=1S/C17H11F3O4/c18-17(19,20)15-13(16(21)22)9-10-8-12(6-7-14(10)24-15)23-11-4-2-1-3-5-11/h1-9,15H,(H,21,22). The minimum Gasteiger partial charge on any atom is -0.478 e. The highest BCUT2D eigenvalue weighted by molar-refractivity contribution is 5.95. The van der Waals surface area contributed by atoms with Gasteiger partial charge in [0.15, 0.2) is 0 Å². The fraction of sp³-hybridized carbons (Fsp3) is 0.118. The first-order valence-corrected chi connectivity index (χ1v) is 6.90. The third-order valence-corrected chi connectivity index (χ3v) is 3.34. The van der Waals surface area contributed by atoms with Crippen molar-refractivity contribution in [2.24, 2.45) is 0 Å². The van der Waals surface area contributed by atoms with Gasteiger partial charge in [-0.05, 0) is 36.4 Å². The molecule has 0 amide bonds. The van der Waals surface area contributed by atoms with Crippen LogP contribution in [0, 0.1) is 0 Å². The Balaban J connectivity index is 1.95. The van der Waals surface area contributed by atoms with Gasteiger partial charge in [0, 0.05) is 5.56 Å². The van der Waals surface area contributed by atoms with E-state index >= 15 is 0 Å². The van der Waals surface area contributed by atoms with Crippen LogP contribution in [0.25, 0.3) is 6.08 Å². The van der Waals surface area contributed by atoms with Crippen molar-refractivity contribution < 1.29 is 32.5 Å². The van der Waals surface area contributed by atoms with E-state index in [0.29, 0.717) is 11.5 Å². The molecule has 1 atom stereocenters. The van der Waals surface area contributed by atoms with Gasteiger partial charge in [-0.3, -0.25) is 0 Å². The summed E-state index contributed by atoms with van der Waals surface area (Å²) in [6, 6.07) is 13.0. The second-order valence-electron chi connectivity index (χ2n) is 5.06. The summed E-state index contributed by atoms with van der Waals surface area (Å²) in [6.45, 7) is 0. The molecule has 1 heterocycles. The van der Waals surface area contributed by atoms with Crippen LogP contribution in [-0.2, 0) is 4.79 Å². The number of hydrogen-bond acceptors (Lipinski definition) is 3. The second-order valence-corrected chi connectivity index (χ2v) is 5.06. The minimum atomic E-state index is -4.82. The summed E-state index contributed by atoms with van der Waals surface area (Å²) >= 11 is 0. The van der Waals surface area contributed by atoms with Gasteiger partial charge in [-0.15, -0.1) is 0 Å². The molecule has 0 spiro atoms. The van der Waals surface area contributed by atoms with Crippen molar-refractivity contribution in [3.8, 4) is 17.2 Å². The van der Waals surface area contributed by atoms with Crippen LogP contribution in [0.15, 0.2) is 54.1 Å². The van der Waals surface area contributed by atoms with Crippen LogP contribution in [0.4, 0.5) is 13.2 Å². The molecule has 1 aliphatic heterocycles. The maximum absolute atomic E-state index is 13.0. The van der Waals surface area contributed by atoms with Crippen molar-refractivity contribution in [3.63, 3.8) is 0 Å². The molecule has 0 saturated carbocycles. The lowest BCUT2D eigenvalue weighted by Gasteiger charge is -2.27. The number of ether oxygens (including phenoxy) is 2. The Morgan fingerprint density at radius 3 is 2.42 bits per heavy atom. The minimum absolute atomic E-state index is 0.0530. The number of alkyl halides is 3. The second kappa shape index (κ2) is 5.92. The van der Waals surface area contributed by atoms with Crippen LogP contribution < -0.4 is 9.47 Å². The van der Waals surface area contributed by atoms with Crippen molar-refractivity contribution in [1.82, 2.24) is 0 Å². The predicted molar refractivity (Wildman–Crippen MR) is 79.0 cm³/mol. The molecule has 2 aromatic carbocycles. The Labute approximate surface area is 134 Å². The Morgan fingerprint density at radius 1 is 1.08 bits per heavy atom. The van der Waals surface area contributed by atoms with Crippen LogP contribution >= 0.6 is 0 Å². The maximum Gasteiger partial charge on any atom is 0.430 e. The zero-order valence-corrected chi connectivity index (χ0v) is 12.1. The van der Waals surface area contributed by atoms with Crippen LogP contribution in [-0.4, -0.2) is 23.4 Å². The average molecular weight is 336 g/mol. The lowest BCUT2D eigenvalue weighted by Crippen LogP contribution is -2.40. The topological polar surface area (TPSA) is 55.8 Å². The van der Waals surface area contributed by atoms with Gasteiger partial charge in [0.25, 0.3) is 0 Å². The first kappa shape index (κ1) is 15.9. The quantitative estimate of drug-likeness (QED) is 0.909. The Morgan fingerprint density at radius 2 is 1.79 bits per heavy atom. The molecular formula is C17H11F3O4. The molecule has 1 aliphatic rings. The number of halogens is 3. The van der Waals surface area contributed by atoms with Crippen molar-refractivity contribution in [2.45, 2.75) is 12.3 Å². The third kappa shape index (κ3) is 3.19. The molecular weight excluding hydrogens is 325 g/mol. The molecule has 0 radical (unpaired) electrons. The van der Waals surface area contributed by atoms with E-state index in [1.165, 1.54) is 18.2 Å². The van der Waals surface area contributed by atoms with E-state index in [1.807, 2.05) is 6.07 Å². The fourth-order valence-corrected chi connectivity index (χ4v) is 2.29. The fourth-order valence-electron chi connectivity index (χ4n) is 2.29. The highest BCUT2D eigenvalue weighted by atomic mass is 19.4. The number of carboxylic acid groups (broad SMARTS) is 1. The van der Waals surface area contributed by atoms with Gasteiger partial charge >= 0.3 is 12.1 Å². The lowest BCUT2D eigenvalue weighted by molar-refractivity contribution is -0.187. The zero-order valence-electron chi connectivity index (χ0n) is 12.1. The Hall–Kier alpha value is -2.96.